The van der Waals surface area contributed by atoms with Gasteiger partial charge in [-0.2, -0.15) is 23.7 Å². The zero-order valence-corrected chi connectivity index (χ0v) is 23.8. The van der Waals surface area contributed by atoms with Crippen LogP contribution in [0.1, 0.15) is 27.8 Å². The number of benzene rings is 5. The summed E-state index contributed by atoms with van der Waals surface area (Å²) in [5, 5.41) is 20.7. The van der Waals surface area contributed by atoms with Gasteiger partial charge in [0, 0.05) is 5.22 Å². The Balaban J connectivity index is 1.97. The van der Waals surface area contributed by atoms with Crippen LogP contribution in [0.25, 0.3) is 43.2 Å². The summed E-state index contributed by atoms with van der Waals surface area (Å²) < 4.78 is 40.4. The van der Waals surface area contributed by atoms with Crippen LogP contribution in [0, 0.1) is 42.7 Å². The summed E-state index contributed by atoms with van der Waals surface area (Å²) in [5.74, 6) is 0. The number of rotatable bonds is 4. The second kappa shape index (κ2) is 12.4. The predicted molar refractivity (Wildman–Crippen MR) is 167 cm³/mol. The summed E-state index contributed by atoms with van der Waals surface area (Å²) in [6.45, 7) is 17.4. The van der Waals surface area contributed by atoms with Gasteiger partial charge in [0.2, 0.25) is 5.70 Å². The van der Waals surface area contributed by atoms with E-state index in [1.807, 2.05) is 31.2 Å². The molecular formula is C38H21F3N4. The minimum atomic E-state index is -4.53. The molecule has 4 nitrogen and oxygen atoms in total. The van der Waals surface area contributed by atoms with Crippen molar-refractivity contribution >= 4 is 17.0 Å². The Labute approximate surface area is 258 Å². The van der Waals surface area contributed by atoms with E-state index in [0.717, 1.165) is 23.3 Å². The summed E-state index contributed by atoms with van der Waals surface area (Å²) in [7, 11) is 0. The molecule has 214 valence electrons. The normalized spacial score (nSPS) is 12.2. The highest BCUT2D eigenvalue weighted by atomic mass is 19.4. The van der Waals surface area contributed by atoms with Gasteiger partial charge in [-0.05, 0) is 75.9 Å². The van der Waals surface area contributed by atoms with Gasteiger partial charge in [0.25, 0.3) is 0 Å². The third-order valence-electron chi connectivity index (χ3n) is 7.36. The molecule has 0 aliphatic rings. The highest BCUT2D eigenvalue weighted by Gasteiger charge is 2.30. The van der Waals surface area contributed by atoms with Crippen LogP contribution in [0.2, 0.25) is 0 Å². The minimum absolute atomic E-state index is 0.254. The molecule has 0 radical (unpaired) electrons. The number of hydrogen-bond donors (Lipinski definition) is 0. The molecule has 0 aliphatic heterocycles. The van der Waals surface area contributed by atoms with E-state index >= 15 is 0 Å². The molecule has 0 bridgehead atoms. The van der Waals surface area contributed by atoms with Gasteiger partial charge in [-0.3, -0.25) is 0 Å². The molecule has 7 heteroatoms. The highest BCUT2D eigenvalue weighted by Crippen LogP contribution is 2.31. The van der Waals surface area contributed by atoms with E-state index < -0.39 is 11.7 Å². The lowest BCUT2D eigenvalue weighted by atomic mass is 9.90. The molecule has 5 rings (SSSR count). The zero-order chi connectivity index (χ0) is 32.1. The Bertz CT molecular complexity index is 2200. The van der Waals surface area contributed by atoms with Crippen LogP contribution in [0.4, 0.5) is 18.9 Å². The summed E-state index contributed by atoms with van der Waals surface area (Å²) in [5.41, 5.74) is 4.94. The van der Waals surface area contributed by atoms with Crippen molar-refractivity contribution in [1.29, 1.82) is 10.5 Å². The molecule has 0 fully saturated rings. The van der Waals surface area contributed by atoms with Crippen LogP contribution in [-0.2, 0) is 6.18 Å². The SMILES string of the molecule is [C-]#[N+]/C(c1ccc(C#N)cc1)=c1/cc(-c2ccc(C(F)(F)F)cc2)/c(=C(\C#N)c2ccc([N+]#[C-])cc2)cc1-c1ccc(C)cc1. The Hall–Kier alpha value is -6.41. The summed E-state index contributed by atoms with van der Waals surface area (Å²) in [6, 6.07) is 33.4. The molecule has 0 atom stereocenters. The highest BCUT2D eigenvalue weighted by molar-refractivity contribution is 5.86. The number of halogens is 3. The molecule has 0 aromatic heterocycles. The maximum absolute atomic E-state index is 13.5. The fourth-order valence-electron chi connectivity index (χ4n) is 5.02. The van der Waals surface area contributed by atoms with Gasteiger partial charge in [-0.1, -0.05) is 84.4 Å². The number of nitrogens with zero attached hydrogens (tertiary/aromatic N) is 4. The van der Waals surface area contributed by atoms with Crippen LogP contribution < -0.4 is 10.4 Å². The zero-order valence-electron chi connectivity index (χ0n) is 23.8. The molecule has 0 spiro atoms. The molecule has 0 saturated heterocycles. The van der Waals surface area contributed by atoms with Crippen LogP contribution in [0.5, 0.6) is 0 Å². The third kappa shape index (κ3) is 6.21. The number of hydrogen-bond acceptors (Lipinski definition) is 2. The molecule has 0 N–H and O–H groups in total. The van der Waals surface area contributed by atoms with Crippen molar-refractivity contribution in [2.75, 3.05) is 0 Å². The van der Waals surface area contributed by atoms with Crippen molar-refractivity contribution in [2.45, 2.75) is 13.1 Å². The Morgan fingerprint density at radius 1 is 0.689 bits per heavy atom. The average molecular weight is 591 g/mol. The smallest absolute Gasteiger partial charge is 0.238 e. The first-order chi connectivity index (χ1) is 21.7. The average Bonchev–Trinajstić information content (AvgIpc) is 3.06. The number of nitriles is 2. The van der Waals surface area contributed by atoms with E-state index in [1.54, 1.807) is 60.7 Å². The molecule has 0 aliphatic carbocycles. The minimum Gasteiger partial charge on any atom is -0.238 e. The van der Waals surface area contributed by atoms with E-state index in [4.69, 9.17) is 13.1 Å². The van der Waals surface area contributed by atoms with E-state index in [9.17, 15) is 23.7 Å². The molecular weight excluding hydrogens is 569 g/mol. The van der Waals surface area contributed by atoms with Gasteiger partial charge in [-0.15, -0.1) is 0 Å². The molecule has 0 heterocycles. The van der Waals surface area contributed by atoms with Crippen molar-refractivity contribution in [2.24, 2.45) is 0 Å². The second-order valence-electron chi connectivity index (χ2n) is 10.2. The largest absolute Gasteiger partial charge is 0.416 e. The van der Waals surface area contributed by atoms with Gasteiger partial charge in [-0.25, -0.2) is 9.69 Å². The predicted octanol–water partition coefficient (Wildman–Crippen LogP) is 8.57. The van der Waals surface area contributed by atoms with Crippen molar-refractivity contribution in [1.82, 2.24) is 0 Å². The Morgan fingerprint density at radius 3 is 1.73 bits per heavy atom. The first kappa shape index (κ1) is 30.1. The summed E-state index contributed by atoms with van der Waals surface area (Å²) in [6.07, 6.45) is -4.53. The van der Waals surface area contributed by atoms with Crippen LogP contribution >= 0.6 is 0 Å². The number of aryl methyl sites for hydroxylation is 1. The lowest BCUT2D eigenvalue weighted by Gasteiger charge is -2.14. The maximum atomic E-state index is 13.5. The van der Waals surface area contributed by atoms with Crippen molar-refractivity contribution < 1.29 is 13.2 Å². The van der Waals surface area contributed by atoms with Gasteiger partial charge in [0.1, 0.15) is 6.07 Å². The first-order valence-electron chi connectivity index (χ1n) is 13.6. The van der Waals surface area contributed by atoms with Gasteiger partial charge in [0.05, 0.1) is 35.9 Å². The summed E-state index contributed by atoms with van der Waals surface area (Å²) >= 11 is 0. The van der Waals surface area contributed by atoms with Gasteiger partial charge in [0.15, 0.2) is 5.69 Å². The van der Waals surface area contributed by atoms with Crippen molar-refractivity contribution in [3.05, 3.63) is 170 Å². The van der Waals surface area contributed by atoms with Gasteiger partial charge < -0.3 is 0 Å². The monoisotopic (exact) mass is 590 g/mol. The Kier molecular flexibility index (Phi) is 8.31. The molecule has 5 aromatic carbocycles. The van der Waals surface area contributed by atoms with Gasteiger partial charge >= 0.3 is 6.18 Å². The van der Waals surface area contributed by atoms with E-state index in [-0.39, 0.29) is 11.3 Å². The second-order valence-corrected chi connectivity index (χ2v) is 10.2. The first-order valence-corrected chi connectivity index (χ1v) is 13.6. The van der Waals surface area contributed by atoms with Crippen LogP contribution in [0.3, 0.4) is 0 Å². The maximum Gasteiger partial charge on any atom is 0.416 e. The fourth-order valence-corrected chi connectivity index (χ4v) is 5.02. The van der Waals surface area contributed by atoms with Crippen molar-refractivity contribution in [3.63, 3.8) is 0 Å². The van der Waals surface area contributed by atoms with Crippen molar-refractivity contribution in [3.8, 4) is 34.4 Å². The quantitative estimate of drug-likeness (QED) is 0.197. The van der Waals surface area contributed by atoms with E-state index in [2.05, 4.69) is 21.8 Å². The molecule has 0 unspecified atom stereocenters. The molecule has 0 saturated carbocycles. The standard InChI is InChI=1S/C38H21F3N4/c1-24-4-8-26(9-5-24)33-20-34(36(23-43)28-14-18-31(44-2)19-15-28)32(27-12-16-30(17-13-27)38(39,40)41)21-35(33)37(45-3)29-10-6-25(22-42)7-11-29/h4-21H,1H3/b36-34+,37-35-. The molecule has 5 aromatic rings. The van der Waals surface area contributed by atoms with E-state index in [0.29, 0.717) is 49.5 Å². The topological polar surface area (TPSA) is 56.3 Å². The number of alkyl halides is 3. The Morgan fingerprint density at radius 2 is 1.22 bits per heavy atom. The van der Waals surface area contributed by atoms with Crippen LogP contribution in [0.15, 0.2) is 109 Å². The lowest BCUT2D eigenvalue weighted by Crippen LogP contribution is -2.20. The van der Waals surface area contributed by atoms with E-state index in [1.165, 1.54) is 12.1 Å². The van der Waals surface area contributed by atoms with Crippen LogP contribution in [-0.4, -0.2) is 0 Å². The molecule has 45 heavy (non-hydrogen) atoms. The summed E-state index contributed by atoms with van der Waals surface area (Å²) in [4.78, 5) is 7.30. The lowest BCUT2D eigenvalue weighted by molar-refractivity contribution is -0.137. The molecule has 0 amide bonds. The fraction of sp³-hybridized carbons (Fsp3) is 0.0526. The third-order valence-corrected chi connectivity index (χ3v) is 7.36.